The zero-order chi connectivity index (χ0) is 19.9. The maximum Gasteiger partial charge on any atom is 0.226 e. The zero-order valence-electron chi connectivity index (χ0n) is 17.9. The van der Waals surface area contributed by atoms with E-state index < -0.39 is 0 Å². The fourth-order valence-electron chi connectivity index (χ4n) is 4.17. The summed E-state index contributed by atoms with van der Waals surface area (Å²) < 4.78 is 0. The number of hydrogen-bond donors (Lipinski definition) is 0. The number of carbonyl (C=O) groups is 1. The van der Waals surface area contributed by atoms with Crippen LogP contribution in [0.1, 0.15) is 59.0 Å². The molecule has 0 N–H and O–H groups in total. The van der Waals surface area contributed by atoms with Gasteiger partial charge >= 0.3 is 0 Å². The third-order valence-corrected chi connectivity index (χ3v) is 5.98. The van der Waals surface area contributed by atoms with Crippen molar-refractivity contribution >= 4 is 11.7 Å². The molecule has 2 atom stereocenters. The Bertz CT molecular complexity index is 741. The minimum Gasteiger partial charge on any atom is -0.353 e. The van der Waals surface area contributed by atoms with Gasteiger partial charge in [0, 0.05) is 43.9 Å². The number of nitrogens with zero attached hydrogens (tertiary/aromatic N) is 4. The Hall–Kier alpha value is -1.91. The standard InChI is InChI=1S/C22H34N4O/c1-14(2)12-17-19(22(17,6)7)21(27)26-10-8-25(9-11-26)18-13-16(5)23-20(24-18)15(3)4/h12-13,15,17,19H,8-11H2,1-7H3. The highest BCUT2D eigenvalue weighted by atomic mass is 16.2. The first kappa shape index (κ1) is 19.8. The third-order valence-electron chi connectivity index (χ3n) is 5.98. The largest absolute Gasteiger partial charge is 0.353 e. The van der Waals surface area contributed by atoms with Crippen LogP contribution >= 0.6 is 0 Å². The minimum absolute atomic E-state index is 0.0847. The van der Waals surface area contributed by atoms with Crippen LogP contribution in [0.4, 0.5) is 5.82 Å². The molecular weight excluding hydrogens is 336 g/mol. The van der Waals surface area contributed by atoms with Gasteiger partial charge in [0.05, 0.1) is 5.92 Å². The topological polar surface area (TPSA) is 49.3 Å². The monoisotopic (exact) mass is 370 g/mol. The summed E-state index contributed by atoms with van der Waals surface area (Å²) in [6.45, 7) is 18.1. The van der Waals surface area contributed by atoms with Gasteiger partial charge in [0.15, 0.2) is 0 Å². The molecule has 0 spiro atoms. The fourth-order valence-corrected chi connectivity index (χ4v) is 4.17. The second-order valence-electron chi connectivity index (χ2n) is 9.26. The molecule has 2 fully saturated rings. The Kier molecular flexibility index (Phi) is 5.33. The number of allylic oxidation sites excluding steroid dienone is 2. The molecule has 2 heterocycles. The summed E-state index contributed by atoms with van der Waals surface area (Å²) in [4.78, 5) is 26.7. The number of carbonyl (C=O) groups excluding carboxylic acids is 1. The molecule has 1 aliphatic heterocycles. The van der Waals surface area contributed by atoms with E-state index in [1.54, 1.807) is 0 Å². The highest BCUT2D eigenvalue weighted by Gasteiger charge is 2.61. The van der Waals surface area contributed by atoms with Crippen LogP contribution in [0, 0.1) is 24.2 Å². The van der Waals surface area contributed by atoms with Crippen LogP contribution in [-0.2, 0) is 4.79 Å². The quantitative estimate of drug-likeness (QED) is 0.757. The smallest absolute Gasteiger partial charge is 0.226 e. The lowest BCUT2D eigenvalue weighted by Gasteiger charge is -2.36. The zero-order valence-corrected chi connectivity index (χ0v) is 17.9. The molecule has 1 aromatic heterocycles. The second kappa shape index (κ2) is 7.25. The van der Waals surface area contributed by atoms with Crippen LogP contribution in [0.25, 0.3) is 0 Å². The third kappa shape index (κ3) is 4.02. The Morgan fingerprint density at radius 3 is 2.37 bits per heavy atom. The molecule has 0 bridgehead atoms. The molecule has 3 rings (SSSR count). The van der Waals surface area contributed by atoms with Gasteiger partial charge in [-0.25, -0.2) is 9.97 Å². The second-order valence-corrected chi connectivity index (χ2v) is 9.26. The molecule has 148 valence electrons. The predicted molar refractivity (Wildman–Crippen MR) is 110 cm³/mol. The molecule has 2 unspecified atom stereocenters. The Morgan fingerprint density at radius 1 is 1.19 bits per heavy atom. The first-order valence-electron chi connectivity index (χ1n) is 10.2. The molecule has 1 amide bonds. The highest BCUT2D eigenvalue weighted by Crippen LogP contribution is 2.60. The highest BCUT2D eigenvalue weighted by molar-refractivity contribution is 5.84. The van der Waals surface area contributed by atoms with Crippen molar-refractivity contribution in [1.82, 2.24) is 14.9 Å². The Labute approximate surface area is 163 Å². The molecule has 27 heavy (non-hydrogen) atoms. The maximum absolute atomic E-state index is 13.1. The SMILES string of the molecule is CC(C)=CC1C(C(=O)N2CCN(c3cc(C)nc(C(C)C)n3)CC2)C1(C)C. The average Bonchev–Trinajstić information content (AvgIpc) is 3.13. The van der Waals surface area contributed by atoms with E-state index in [0.29, 0.717) is 17.7 Å². The summed E-state index contributed by atoms with van der Waals surface area (Å²) in [6.07, 6.45) is 2.27. The van der Waals surface area contributed by atoms with Gasteiger partial charge in [0.25, 0.3) is 0 Å². The number of aryl methyl sites for hydroxylation is 1. The summed E-state index contributed by atoms with van der Waals surface area (Å²) in [5.74, 6) is 3.04. The van der Waals surface area contributed by atoms with Gasteiger partial charge in [0.2, 0.25) is 5.91 Å². The number of rotatable bonds is 4. The van der Waals surface area contributed by atoms with Gasteiger partial charge < -0.3 is 9.80 Å². The molecule has 1 aliphatic carbocycles. The van der Waals surface area contributed by atoms with Gasteiger partial charge in [-0.2, -0.15) is 0 Å². The molecule has 1 aromatic rings. The van der Waals surface area contributed by atoms with E-state index in [9.17, 15) is 4.79 Å². The van der Waals surface area contributed by atoms with Crippen molar-refractivity contribution < 1.29 is 4.79 Å². The van der Waals surface area contributed by atoms with Crippen molar-refractivity contribution in [2.45, 2.75) is 54.4 Å². The Balaban J connectivity index is 1.64. The predicted octanol–water partition coefficient (Wildman–Crippen LogP) is 3.80. The number of piperazine rings is 1. The van der Waals surface area contributed by atoms with Crippen LogP contribution < -0.4 is 4.90 Å². The van der Waals surface area contributed by atoms with E-state index in [4.69, 9.17) is 4.98 Å². The van der Waals surface area contributed by atoms with Crippen LogP contribution in [0.3, 0.4) is 0 Å². The summed E-state index contributed by atoms with van der Waals surface area (Å²) in [6, 6.07) is 2.05. The van der Waals surface area contributed by atoms with E-state index >= 15 is 0 Å². The van der Waals surface area contributed by atoms with Gasteiger partial charge in [-0.05, 0) is 32.1 Å². The number of hydrogen-bond acceptors (Lipinski definition) is 4. The van der Waals surface area contributed by atoms with Gasteiger partial charge in [0.1, 0.15) is 11.6 Å². The Morgan fingerprint density at radius 2 is 1.81 bits per heavy atom. The van der Waals surface area contributed by atoms with E-state index in [1.165, 1.54) is 5.57 Å². The van der Waals surface area contributed by atoms with Crippen molar-refractivity contribution in [2.24, 2.45) is 17.3 Å². The van der Waals surface area contributed by atoms with E-state index in [2.05, 4.69) is 68.5 Å². The fraction of sp³-hybridized carbons (Fsp3) is 0.682. The van der Waals surface area contributed by atoms with Crippen molar-refractivity contribution in [3.05, 3.63) is 29.2 Å². The molecule has 2 aliphatic rings. The summed E-state index contributed by atoms with van der Waals surface area (Å²) in [7, 11) is 0. The molecule has 1 saturated heterocycles. The van der Waals surface area contributed by atoms with Gasteiger partial charge in [-0.1, -0.05) is 39.3 Å². The first-order chi connectivity index (χ1) is 12.6. The van der Waals surface area contributed by atoms with Crippen LogP contribution in [0.5, 0.6) is 0 Å². The molecule has 1 saturated carbocycles. The van der Waals surface area contributed by atoms with Crippen molar-refractivity contribution in [3.63, 3.8) is 0 Å². The van der Waals surface area contributed by atoms with Gasteiger partial charge in [-0.3, -0.25) is 4.79 Å². The molecule has 0 radical (unpaired) electrons. The number of anilines is 1. The number of aromatic nitrogens is 2. The maximum atomic E-state index is 13.1. The number of amides is 1. The van der Waals surface area contributed by atoms with Crippen molar-refractivity contribution in [2.75, 3.05) is 31.1 Å². The lowest BCUT2D eigenvalue weighted by Crippen LogP contribution is -2.50. The molecule has 5 heteroatoms. The molecular formula is C22H34N4O. The van der Waals surface area contributed by atoms with Crippen LogP contribution in [0.15, 0.2) is 17.7 Å². The van der Waals surface area contributed by atoms with Crippen molar-refractivity contribution in [3.8, 4) is 0 Å². The molecule has 0 aromatic carbocycles. The summed E-state index contributed by atoms with van der Waals surface area (Å²) in [5, 5.41) is 0. The van der Waals surface area contributed by atoms with Crippen molar-refractivity contribution in [1.29, 1.82) is 0 Å². The van der Waals surface area contributed by atoms with E-state index in [-0.39, 0.29) is 11.3 Å². The lowest BCUT2D eigenvalue weighted by molar-refractivity contribution is -0.133. The first-order valence-corrected chi connectivity index (χ1v) is 10.2. The summed E-state index contributed by atoms with van der Waals surface area (Å²) >= 11 is 0. The van der Waals surface area contributed by atoms with E-state index in [1.807, 2.05) is 6.92 Å². The van der Waals surface area contributed by atoms with Crippen LogP contribution in [-0.4, -0.2) is 47.0 Å². The minimum atomic E-state index is 0.0847. The normalized spacial score (nSPS) is 24.1. The van der Waals surface area contributed by atoms with Gasteiger partial charge in [-0.15, -0.1) is 0 Å². The lowest BCUT2D eigenvalue weighted by atomic mass is 10.1. The molecule has 5 nitrogen and oxygen atoms in total. The van der Waals surface area contributed by atoms with E-state index in [0.717, 1.165) is 43.5 Å². The summed E-state index contributed by atoms with van der Waals surface area (Å²) in [5.41, 5.74) is 2.39. The average molecular weight is 371 g/mol. The van der Waals surface area contributed by atoms with Crippen LogP contribution in [0.2, 0.25) is 0 Å².